The Morgan fingerprint density at radius 2 is 2.24 bits per heavy atom. The van der Waals surface area contributed by atoms with Crippen molar-refractivity contribution < 1.29 is 9.90 Å². The summed E-state index contributed by atoms with van der Waals surface area (Å²) in [5.41, 5.74) is 6.71. The van der Waals surface area contributed by atoms with E-state index in [-0.39, 0.29) is 18.3 Å². The molecule has 0 aromatic heterocycles. The first kappa shape index (κ1) is 14.0. The molecule has 0 heterocycles. The molecule has 0 spiro atoms. The van der Waals surface area contributed by atoms with Crippen LogP contribution in [0.15, 0.2) is 24.3 Å². The highest BCUT2D eigenvalue weighted by Gasteiger charge is 2.16. The molecular formula is C13H18ClNO2. The number of carboxylic acids is 1. The Morgan fingerprint density at radius 3 is 2.76 bits per heavy atom. The second kappa shape index (κ2) is 6.62. The molecule has 1 aromatic carbocycles. The molecule has 3 nitrogen and oxygen atoms in total. The predicted octanol–water partition coefficient (Wildman–Crippen LogP) is 2.88. The van der Waals surface area contributed by atoms with Crippen LogP contribution in [0, 0.1) is 5.92 Å². The minimum atomic E-state index is -0.793. The highest BCUT2D eigenvalue weighted by Crippen LogP contribution is 2.26. The Morgan fingerprint density at radius 1 is 1.53 bits per heavy atom. The van der Waals surface area contributed by atoms with Crippen LogP contribution in [0.25, 0.3) is 0 Å². The topological polar surface area (TPSA) is 63.3 Å². The fraction of sp³-hybridized carbons (Fsp3) is 0.462. The van der Waals surface area contributed by atoms with Crippen molar-refractivity contribution in [1.29, 1.82) is 0 Å². The van der Waals surface area contributed by atoms with Gasteiger partial charge in [-0.1, -0.05) is 30.7 Å². The summed E-state index contributed by atoms with van der Waals surface area (Å²) in [5, 5.41) is 9.47. The smallest absolute Gasteiger partial charge is 0.303 e. The molecular weight excluding hydrogens is 238 g/mol. The molecule has 0 aliphatic rings. The quantitative estimate of drug-likeness (QED) is 0.822. The first-order valence-electron chi connectivity index (χ1n) is 5.70. The van der Waals surface area contributed by atoms with E-state index in [4.69, 9.17) is 22.4 Å². The largest absolute Gasteiger partial charge is 0.481 e. The van der Waals surface area contributed by atoms with Gasteiger partial charge in [0, 0.05) is 11.4 Å². The second-order valence-corrected chi connectivity index (χ2v) is 4.83. The molecule has 0 aliphatic heterocycles. The Bertz CT molecular complexity index is 381. The molecule has 0 aliphatic carbocycles. The molecule has 0 bridgehead atoms. The van der Waals surface area contributed by atoms with E-state index < -0.39 is 5.97 Å². The Hall–Kier alpha value is -1.06. The Kier molecular flexibility index (Phi) is 5.45. The van der Waals surface area contributed by atoms with E-state index in [1.165, 1.54) is 0 Å². The zero-order chi connectivity index (χ0) is 12.8. The highest BCUT2D eigenvalue weighted by atomic mass is 35.5. The van der Waals surface area contributed by atoms with Gasteiger partial charge in [0.15, 0.2) is 0 Å². The lowest BCUT2D eigenvalue weighted by molar-refractivity contribution is -0.138. The van der Waals surface area contributed by atoms with E-state index in [9.17, 15) is 4.79 Å². The first-order valence-corrected chi connectivity index (χ1v) is 6.08. The average molecular weight is 256 g/mol. The lowest BCUT2D eigenvalue weighted by atomic mass is 9.88. The molecule has 17 heavy (non-hydrogen) atoms. The summed E-state index contributed by atoms with van der Waals surface area (Å²) in [4.78, 5) is 10.7. The number of hydrogen-bond acceptors (Lipinski definition) is 2. The maximum Gasteiger partial charge on any atom is 0.303 e. The lowest BCUT2D eigenvalue weighted by Gasteiger charge is -2.18. The predicted molar refractivity (Wildman–Crippen MR) is 69.3 cm³/mol. The number of benzene rings is 1. The minimum Gasteiger partial charge on any atom is -0.481 e. The summed E-state index contributed by atoms with van der Waals surface area (Å²) < 4.78 is 0. The van der Waals surface area contributed by atoms with Crippen molar-refractivity contribution in [3.63, 3.8) is 0 Å². The van der Waals surface area contributed by atoms with Gasteiger partial charge in [-0.3, -0.25) is 4.79 Å². The number of halogens is 1. The number of rotatable bonds is 6. The van der Waals surface area contributed by atoms with Crippen LogP contribution in [0.1, 0.15) is 31.2 Å². The van der Waals surface area contributed by atoms with Gasteiger partial charge in [-0.05, 0) is 42.5 Å². The third kappa shape index (κ3) is 4.75. The summed E-state index contributed by atoms with van der Waals surface area (Å²) in [7, 11) is 0. The van der Waals surface area contributed by atoms with Gasteiger partial charge in [0.1, 0.15) is 0 Å². The van der Waals surface area contributed by atoms with Gasteiger partial charge in [0.2, 0.25) is 0 Å². The second-order valence-electron chi connectivity index (χ2n) is 4.39. The van der Waals surface area contributed by atoms with E-state index in [1.54, 1.807) is 0 Å². The number of nitrogens with two attached hydrogens (primary N) is 1. The minimum absolute atomic E-state index is 0.0153. The summed E-state index contributed by atoms with van der Waals surface area (Å²) in [6.45, 7) is 2.47. The molecule has 4 heteroatoms. The summed E-state index contributed by atoms with van der Waals surface area (Å²) >= 11 is 5.92. The van der Waals surface area contributed by atoms with Crippen LogP contribution >= 0.6 is 11.6 Å². The molecule has 0 amide bonds. The van der Waals surface area contributed by atoms with Crippen LogP contribution in [0.2, 0.25) is 5.02 Å². The molecule has 0 saturated carbocycles. The third-order valence-corrected chi connectivity index (χ3v) is 3.14. The summed E-state index contributed by atoms with van der Waals surface area (Å²) in [6.07, 6.45) is 0.893. The zero-order valence-corrected chi connectivity index (χ0v) is 10.7. The number of carboxylic acid groups (broad SMARTS) is 1. The molecule has 1 aromatic rings. The van der Waals surface area contributed by atoms with Crippen LogP contribution in [-0.2, 0) is 4.79 Å². The summed E-state index contributed by atoms with van der Waals surface area (Å²) in [5.74, 6) is -0.512. The van der Waals surface area contributed by atoms with E-state index >= 15 is 0 Å². The molecule has 0 saturated heterocycles. The number of aliphatic carboxylic acids is 1. The SMILES string of the molecule is CC(CC(CN)CC(=O)O)c1cccc(Cl)c1. The maximum atomic E-state index is 10.7. The lowest BCUT2D eigenvalue weighted by Crippen LogP contribution is -2.20. The van der Waals surface area contributed by atoms with Gasteiger partial charge in [0.25, 0.3) is 0 Å². The normalized spacial score (nSPS) is 14.3. The van der Waals surface area contributed by atoms with Crippen molar-refractivity contribution >= 4 is 17.6 Å². The number of carbonyl (C=O) groups is 1. The molecule has 0 radical (unpaired) electrons. The van der Waals surface area contributed by atoms with Gasteiger partial charge < -0.3 is 10.8 Å². The van der Waals surface area contributed by atoms with E-state index in [2.05, 4.69) is 6.92 Å². The maximum absolute atomic E-state index is 10.7. The van der Waals surface area contributed by atoms with E-state index in [1.807, 2.05) is 24.3 Å². The van der Waals surface area contributed by atoms with Crippen molar-refractivity contribution in [1.82, 2.24) is 0 Å². The van der Waals surface area contributed by atoms with Gasteiger partial charge >= 0.3 is 5.97 Å². The fourth-order valence-corrected chi connectivity index (χ4v) is 2.16. The van der Waals surface area contributed by atoms with Crippen molar-refractivity contribution in [3.8, 4) is 0 Å². The van der Waals surface area contributed by atoms with Crippen molar-refractivity contribution in [2.24, 2.45) is 11.7 Å². The van der Waals surface area contributed by atoms with Crippen molar-refractivity contribution in [3.05, 3.63) is 34.9 Å². The highest BCUT2D eigenvalue weighted by molar-refractivity contribution is 6.30. The van der Waals surface area contributed by atoms with Gasteiger partial charge in [0.05, 0.1) is 0 Å². The van der Waals surface area contributed by atoms with Crippen LogP contribution in [0.5, 0.6) is 0 Å². The van der Waals surface area contributed by atoms with Gasteiger partial charge in [-0.15, -0.1) is 0 Å². The monoisotopic (exact) mass is 255 g/mol. The molecule has 2 atom stereocenters. The van der Waals surface area contributed by atoms with Crippen molar-refractivity contribution in [2.45, 2.75) is 25.7 Å². The zero-order valence-electron chi connectivity index (χ0n) is 9.90. The Balaban J connectivity index is 2.63. The molecule has 2 unspecified atom stereocenters. The van der Waals surface area contributed by atoms with Crippen LogP contribution < -0.4 is 5.73 Å². The fourth-order valence-electron chi connectivity index (χ4n) is 1.96. The number of hydrogen-bond donors (Lipinski definition) is 2. The van der Waals surface area contributed by atoms with E-state index in [0.717, 1.165) is 12.0 Å². The van der Waals surface area contributed by atoms with Crippen molar-refractivity contribution in [2.75, 3.05) is 6.54 Å². The molecule has 94 valence electrons. The molecule has 3 N–H and O–H groups in total. The first-order chi connectivity index (χ1) is 8.02. The molecule has 1 rings (SSSR count). The van der Waals surface area contributed by atoms with Gasteiger partial charge in [-0.2, -0.15) is 0 Å². The standard InChI is InChI=1S/C13H18ClNO2/c1-9(5-10(8-15)6-13(16)17)11-3-2-4-12(14)7-11/h2-4,7,9-10H,5-6,8,15H2,1H3,(H,16,17). The van der Waals surface area contributed by atoms with Gasteiger partial charge in [-0.25, -0.2) is 0 Å². The summed E-state index contributed by atoms with van der Waals surface area (Å²) in [6, 6.07) is 7.66. The Labute approximate surface area is 107 Å². The van der Waals surface area contributed by atoms with E-state index in [0.29, 0.717) is 11.6 Å². The van der Waals surface area contributed by atoms with Crippen LogP contribution in [-0.4, -0.2) is 17.6 Å². The van der Waals surface area contributed by atoms with Crippen LogP contribution in [0.3, 0.4) is 0 Å². The molecule has 0 fully saturated rings. The average Bonchev–Trinajstić information content (AvgIpc) is 2.27. The van der Waals surface area contributed by atoms with Crippen LogP contribution in [0.4, 0.5) is 0 Å². The third-order valence-electron chi connectivity index (χ3n) is 2.90.